The van der Waals surface area contributed by atoms with Crippen molar-refractivity contribution in [3.05, 3.63) is 59.9 Å². The molecule has 1 aliphatic rings. The molecule has 1 aromatic heterocycles. The number of nitrogens with zero attached hydrogens (tertiary/aromatic N) is 2. The van der Waals surface area contributed by atoms with Crippen molar-refractivity contribution in [3.8, 4) is 0 Å². The summed E-state index contributed by atoms with van der Waals surface area (Å²) in [6, 6.07) is 14.6. The lowest BCUT2D eigenvalue weighted by molar-refractivity contribution is -0.119. The Bertz CT molecular complexity index is 1080. The zero-order valence-corrected chi connectivity index (χ0v) is 17.1. The molecule has 3 aromatic rings. The summed E-state index contributed by atoms with van der Waals surface area (Å²) in [6.07, 6.45) is 1.47. The second kappa shape index (κ2) is 7.96. The lowest BCUT2D eigenvalue weighted by Gasteiger charge is -2.30. The fourth-order valence-electron chi connectivity index (χ4n) is 3.69. The van der Waals surface area contributed by atoms with Crippen LogP contribution in [-0.4, -0.2) is 41.7 Å². The lowest BCUT2D eigenvalue weighted by Crippen LogP contribution is -2.38. The highest BCUT2D eigenvalue weighted by Crippen LogP contribution is 2.30. The summed E-state index contributed by atoms with van der Waals surface area (Å²) in [6.45, 7) is 2.78. The minimum absolute atomic E-state index is 0.117. The summed E-state index contributed by atoms with van der Waals surface area (Å²) in [5.74, 6) is 1.05. The van der Waals surface area contributed by atoms with Crippen LogP contribution in [0.25, 0.3) is 11.0 Å². The zero-order chi connectivity index (χ0) is 20.4. The summed E-state index contributed by atoms with van der Waals surface area (Å²) in [5, 5.41) is 2.71. The molecule has 0 radical (unpaired) electrons. The van der Waals surface area contributed by atoms with Crippen molar-refractivity contribution < 1.29 is 13.2 Å². The van der Waals surface area contributed by atoms with Crippen molar-refractivity contribution >= 4 is 27.0 Å². The van der Waals surface area contributed by atoms with Gasteiger partial charge in [0.2, 0.25) is 15.9 Å². The topological polar surface area (TPSA) is 95.2 Å². The van der Waals surface area contributed by atoms with Gasteiger partial charge in [-0.1, -0.05) is 24.3 Å². The summed E-state index contributed by atoms with van der Waals surface area (Å²) in [5.41, 5.74) is 2.82. The Morgan fingerprint density at radius 2 is 1.83 bits per heavy atom. The number of piperidine rings is 1. The minimum atomic E-state index is -3.52. The van der Waals surface area contributed by atoms with Crippen LogP contribution in [0.4, 0.5) is 0 Å². The van der Waals surface area contributed by atoms with E-state index in [4.69, 9.17) is 0 Å². The molecule has 1 saturated heterocycles. The number of sulfonamides is 1. The number of hydrogen-bond donors (Lipinski definition) is 2. The third kappa shape index (κ3) is 4.18. The van der Waals surface area contributed by atoms with Gasteiger partial charge in [-0.3, -0.25) is 4.79 Å². The van der Waals surface area contributed by atoms with Gasteiger partial charge >= 0.3 is 0 Å². The van der Waals surface area contributed by atoms with E-state index in [1.807, 2.05) is 24.3 Å². The number of carbonyl (C=O) groups excluding carboxylic acids is 1. The van der Waals surface area contributed by atoms with Crippen LogP contribution in [0.5, 0.6) is 0 Å². The van der Waals surface area contributed by atoms with Crippen molar-refractivity contribution in [2.24, 2.45) is 0 Å². The normalized spacial score (nSPS) is 16.2. The fourth-order valence-corrected chi connectivity index (χ4v) is 5.16. The Hall–Kier alpha value is -2.71. The van der Waals surface area contributed by atoms with Crippen molar-refractivity contribution in [3.63, 3.8) is 0 Å². The van der Waals surface area contributed by atoms with E-state index in [0.29, 0.717) is 19.6 Å². The number of nitrogens with one attached hydrogen (secondary N) is 2. The number of amides is 1. The van der Waals surface area contributed by atoms with Gasteiger partial charge in [-0.05, 0) is 42.7 Å². The molecule has 2 heterocycles. The van der Waals surface area contributed by atoms with Crippen LogP contribution in [0.3, 0.4) is 0 Å². The standard InChI is InChI=1S/C21H24N4O3S/c1-15(26)22-14-16-6-8-18(9-7-16)29(27,28)25-12-10-17(11-13-25)21-23-19-4-2-3-5-20(19)24-21/h2-9,17H,10-14H2,1H3,(H,22,26)(H,23,24). The van der Waals surface area contributed by atoms with Gasteiger partial charge in [-0.2, -0.15) is 4.31 Å². The van der Waals surface area contributed by atoms with E-state index >= 15 is 0 Å². The number of benzene rings is 2. The SMILES string of the molecule is CC(=O)NCc1ccc(S(=O)(=O)N2CCC(c3nc4ccccc4[nH]3)CC2)cc1. The molecule has 0 aliphatic carbocycles. The molecule has 0 spiro atoms. The van der Waals surface area contributed by atoms with Crippen molar-refractivity contribution in [2.75, 3.05) is 13.1 Å². The van der Waals surface area contributed by atoms with Crippen LogP contribution in [0.2, 0.25) is 0 Å². The highest BCUT2D eigenvalue weighted by Gasteiger charge is 2.31. The molecule has 0 bridgehead atoms. The molecule has 4 rings (SSSR count). The molecule has 0 unspecified atom stereocenters. The first kappa shape index (κ1) is 19.6. The van der Waals surface area contributed by atoms with Crippen LogP contribution in [0.15, 0.2) is 53.4 Å². The predicted octanol–water partition coefficient (Wildman–Crippen LogP) is 2.77. The second-order valence-corrected chi connectivity index (χ2v) is 9.31. The Kier molecular flexibility index (Phi) is 5.38. The molecule has 152 valence electrons. The number of aromatic nitrogens is 2. The van der Waals surface area contributed by atoms with E-state index in [1.165, 1.54) is 6.92 Å². The van der Waals surface area contributed by atoms with Gasteiger partial charge < -0.3 is 10.3 Å². The average molecular weight is 413 g/mol. The smallest absolute Gasteiger partial charge is 0.243 e. The number of hydrogen-bond acceptors (Lipinski definition) is 4. The Balaban J connectivity index is 1.42. The van der Waals surface area contributed by atoms with Gasteiger partial charge in [0.15, 0.2) is 0 Å². The first-order valence-electron chi connectivity index (χ1n) is 9.71. The summed E-state index contributed by atoms with van der Waals surface area (Å²) in [7, 11) is -3.52. The Labute approximate surface area is 170 Å². The van der Waals surface area contributed by atoms with Gasteiger partial charge in [-0.15, -0.1) is 0 Å². The van der Waals surface area contributed by atoms with Gasteiger partial charge in [0, 0.05) is 32.5 Å². The predicted molar refractivity (Wildman–Crippen MR) is 111 cm³/mol. The van der Waals surface area contributed by atoms with Gasteiger partial charge in [-0.25, -0.2) is 13.4 Å². The van der Waals surface area contributed by atoms with Crippen LogP contribution in [0, 0.1) is 0 Å². The number of rotatable bonds is 5. The van der Waals surface area contributed by atoms with Gasteiger partial charge in [0.25, 0.3) is 0 Å². The third-order valence-corrected chi connectivity index (χ3v) is 7.26. The van der Waals surface area contributed by atoms with Crippen molar-refractivity contribution in [2.45, 2.75) is 37.1 Å². The summed E-state index contributed by atoms with van der Waals surface area (Å²) in [4.78, 5) is 19.3. The number of imidazole rings is 1. The first-order chi connectivity index (χ1) is 13.9. The average Bonchev–Trinajstić information content (AvgIpc) is 3.17. The molecule has 2 N–H and O–H groups in total. The monoisotopic (exact) mass is 412 g/mol. The van der Waals surface area contributed by atoms with Crippen LogP contribution in [-0.2, 0) is 21.4 Å². The molecular weight excluding hydrogens is 388 g/mol. The number of para-hydroxylation sites is 2. The molecule has 1 aliphatic heterocycles. The van der Waals surface area contributed by atoms with E-state index in [9.17, 15) is 13.2 Å². The molecule has 1 amide bonds. The van der Waals surface area contributed by atoms with Crippen LogP contribution >= 0.6 is 0 Å². The molecule has 1 fully saturated rings. The molecule has 8 heteroatoms. The number of carbonyl (C=O) groups is 1. The van der Waals surface area contributed by atoms with Crippen molar-refractivity contribution in [1.82, 2.24) is 19.6 Å². The van der Waals surface area contributed by atoms with E-state index in [-0.39, 0.29) is 16.7 Å². The first-order valence-corrected chi connectivity index (χ1v) is 11.2. The minimum Gasteiger partial charge on any atom is -0.352 e. The second-order valence-electron chi connectivity index (χ2n) is 7.37. The molecule has 2 aromatic carbocycles. The molecular formula is C21H24N4O3S. The summed E-state index contributed by atoms with van der Waals surface area (Å²) < 4.78 is 27.5. The number of H-pyrrole nitrogens is 1. The third-order valence-electron chi connectivity index (χ3n) is 5.35. The number of aromatic amines is 1. The Morgan fingerprint density at radius 3 is 2.48 bits per heavy atom. The summed E-state index contributed by atoms with van der Waals surface area (Å²) >= 11 is 0. The van der Waals surface area contributed by atoms with Crippen molar-refractivity contribution in [1.29, 1.82) is 0 Å². The maximum Gasteiger partial charge on any atom is 0.243 e. The van der Waals surface area contributed by atoms with E-state index in [2.05, 4.69) is 15.3 Å². The molecule has 0 saturated carbocycles. The largest absolute Gasteiger partial charge is 0.352 e. The van der Waals surface area contributed by atoms with Crippen LogP contribution in [0.1, 0.15) is 37.1 Å². The zero-order valence-electron chi connectivity index (χ0n) is 16.3. The fraction of sp³-hybridized carbons (Fsp3) is 0.333. The number of fused-ring (bicyclic) bond motifs is 1. The lowest BCUT2D eigenvalue weighted by atomic mass is 9.97. The Morgan fingerprint density at radius 1 is 1.14 bits per heavy atom. The van der Waals surface area contributed by atoms with E-state index < -0.39 is 10.0 Å². The molecule has 0 atom stereocenters. The van der Waals surface area contributed by atoms with Gasteiger partial charge in [0.1, 0.15) is 5.82 Å². The maximum atomic E-state index is 13.0. The van der Waals surface area contributed by atoms with Crippen LogP contribution < -0.4 is 5.32 Å². The highest BCUT2D eigenvalue weighted by molar-refractivity contribution is 7.89. The quantitative estimate of drug-likeness (QED) is 0.674. The highest BCUT2D eigenvalue weighted by atomic mass is 32.2. The van der Waals surface area contributed by atoms with E-state index in [0.717, 1.165) is 35.3 Å². The molecule has 7 nitrogen and oxygen atoms in total. The van der Waals surface area contributed by atoms with Gasteiger partial charge in [0.05, 0.1) is 15.9 Å². The van der Waals surface area contributed by atoms with E-state index in [1.54, 1.807) is 28.6 Å². The maximum absolute atomic E-state index is 13.0. The molecule has 29 heavy (non-hydrogen) atoms.